The van der Waals surface area contributed by atoms with Crippen molar-refractivity contribution in [1.82, 2.24) is 4.90 Å². The van der Waals surface area contributed by atoms with Gasteiger partial charge in [-0.3, -0.25) is 0 Å². The van der Waals surface area contributed by atoms with E-state index in [1.807, 2.05) is 0 Å². The maximum absolute atomic E-state index is 6.21. The zero-order valence-electron chi connectivity index (χ0n) is 12.7. The Labute approximate surface area is 117 Å². The lowest BCUT2D eigenvalue weighted by Gasteiger charge is -2.20. The molecular formula is C16H28N2O. The van der Waals surface area contributed by atoms with E-state index in [9.17, 15) is 0 Å². The van der Waals surface area contributed by atoms with Crippen LogP contribution in [-0.2, 0) is 4.74 Å². The van der Waals surface area contributed by atoms with Crippen molar-refractivity contribution >= 4 is 0 Å². The van der Waals surface area contributed by atoms with Crippen LogP contribution in [0.25, 0.3) is 0 Å². The van der Waals surface area contributed by atoms with E-state index in [2.05, 4.69) is 57.0 Å². The predicted octanol–water partition coefficient (Wildman–Crippen LogP) is 2.74. The Morgan fingerprint density at radius 1 is 1.16 bits per heavy atom. The molecule has 3 nitrogen and oxygen atoms in total. The van der Waals surface area contributed by atoms with Crippen LogP contribution in [0.2, 0.25) is 0 Å². The summed E-state index contributed by atoms with van der Waals surface area (Å²) in [5.74, 6) is 0. The van der Waals surface area contributed by atoms with Crippen LogP contribution in [0.15, 0.2) is 24.3 Å². The quantitative estimate of drug-likeness (QED) is 0.784. The molecule has 0 aliphatic carbocycles. The minimum Gasteiger partial charge on any atom is -0.377 e. The summed E-state index contributed by atoms with van der Waals surface area (Å²) in [4.78, 5) is 2.27. The summed E-state index contributed by atoms with van der Waals surface area (Å²) in [5.41, 5.74) is 8.71. The third kappa shape index (κ3) is 6.71. The van der Waals surface area contributed by atoms with Crippen molar-refractivity contribution in [2.24, 2.45) is 5.73 Å². The zero-order valence-corrected chi connectivity index (χ0v) is 12.7. The molecule has 1 aromatic rings. The smallest absolute Gasteiger partial charge is 0.0596 e. The largest absolute Gasteiger partial charge is 0.377 e. The molecular weight excluding hydrogens is 236 g/mol. The molecule has 0 spiro atoms. The third-order valence-electron chi connectivity index (χ3n) is 3.25. The molecule has 0 aliphatic rings. The highest BCUT2D eigenvalue weighted by Gasteiger charge is 2.07. The fraction of sp³-hybridized carbons (Fsp3) is 0.625. The Morgan fingerprint density at radius 3 is 2.37 bits per heavy atom. The summed E-state index contributed by atoms with van der Waals surface area (Å²) in [6, 6.07) is 8.61. The van der Waals surface area contributed by atoms with Crippen molar-refractivity contribution in [3.8, 4) is 0 Å². The molecule has 0 aromatic heterocycles. The van der Waals surface area contributed by atoms with Crippen molar-refractivity contribution in [3.63, 3.8) is 0 Å². The maximum atomic E-state index is 6.21. The molecule has 0 fully saturated rings. The number of rotatable bonds is 8. The van der Waals surface area contributed by atoms with Crippen molar-refractivity contribution in [2.75, 3.05) is 26.7 Å². The molecule has 1 unspecified atom stereocenters. The van der Waals surface area contributed by atoms with Crippen molar-refractivity contribution < 1.29 is 4.74 Å². The average molecular weight is 264 g/mol. The van der Waals surface area contributed by atoms with Crippen molar-refractivity contribution in [1.29, 1.82) is 0 Å². The summed E-state index contributed by atoms with van der Waals surface area (Å²) in [6.07, 6.45) is 1.28. The van der Waals surface area contributed by atoms with Gasteiger partial charge in [0.25, 0.3) is 0 Å². The fourth-order valence-electron chi connectivity index (χ4n) is 1.90. The van der Waals surface area contributed by atoms with Crippen LogP contribution in [0.3, 0.4) is 0 Å². The maximum Gasteiger partial charge on any atom is 0.0596 e. The molecule has 0 aliphatic heterocycles. The second kappa shape index (κ2) is 8.31. The van der Waals surface area contributed by atoms with Gasteiger partial charge in [-0.2, -0.15) is 0 Å². The van der Waals surface area contributed by atoms with E-state index >= 15 is 0 Å². The molecule has 1 rings (SSSR count). The van der Waals surface area contributed by atoms with Crippen molar-refractivity contribution in [2.45, 2.75) is 39.3 Å². The van der Waals surface area contributed by atoms with Gasteiger partial charge in [-0.1, -0.05) is 29.8 Å². The molecule has 0 amide bonds. The molecule has 108 valence electrons. The molecule has 0 radical (unpaired) electrons. The highest BCUT2D eigenvalue weighted by atomic mass is 16.5. The second-order valence-corrected chi connectivity index (χ2v) is 5.53. The molecule has 0 saturated heterocycles. The van der Waals surface area contributed by atoms with Gasteiger partial charge < -0.3 is 15.4 Å². The molecule has 0 heterocycles. The van der Waals surface area contributed by atoms with Crippen LogP contribution in [0.5, 0.6) is 0 Å². The van der Waals surface area contributed by atoms with E-state index in [0.717, 1.165) is 26.1 Å². The molecule has 3 heteroatoms. The van der Waals surface area contributed by atoms with E-state index in [4.69, 9.17) is 10.5 Å². The number of hydrogen-bond donors (Lipinski definition) is 1. The number of nitrogens with zero attached hydrogens (tertiary/aromatic N) is 1. The first kappa shape index (κ1) is 16.2. The first-order chi connectivity index (χ1) is 8.99. The van der Waals surface area contributed by atoms with E-state index in [1.54, 1.807) is 0 Å². The summed E-state index contributed by atoms with van der Waals surface area (Å²) >= 11 is 0. The number of likely N-dealkylation sites (N-methyl/N-ethyl adjacent to an activating group) is 1. The van der Waals surface area contributed by atoms with Gasteiger partial charge in [-0.15, -0.1) is 0 Å². The Hall–Kier alpha value is -0.900. The van der Waals surface area contributed by atoms with Gasteiger partial charge >= 0.3 is 0 Å². The van der Waals surface area contributed by atoms with Crippen LogP contribution < -0.4 is 5.73 Å². The lowest BCUT2D eigenvalue weighted by molar-refractivity contribution is 0.0634. The van der Waals surface area contributed by atoms with Crippen LogP contribution in [0.1, 0.15) is 37.4 Å². The molecule has 0 saturated carbocycles. The van der Waals surface area contributed by atoms with Crippen LogP contribution in [0, 0.1) is 6.92 Å². The Kier molecular flexibility index (Phi) is 7.06. The monoisotopic (exact) mass is 264 g/mol. The van der Waals surface area contributed by atoms with Crippen molar-refractivity contribution in [3.05, 3.63) is 35.4 Å². The number of benzene rings is 1. The lowest BCUT2D eigenvalue weighted by atomic mass is 10.0. The standard InChI is InChI=1S/C16H28N2O/c1-13(2)19-12-11-18(4)10-9-16(17)15-7-5-14(3)6-8-15/h5-8,13,16H,9-12,17H2,1-4H3. The molecule has 1 atom stereocenters. The molecule has 19 heavy (non-hydrogen) atoms. The first-order valence-corrected chi connectivity index (χ1v) is 7.11. The number of aryl methyl sites for hydroxylation is 1. The third-order valence-corrected chi connectivity index (χ3v) is 3.25. The second-order valence-electron chi connectivity index (χ2n) is 5.53. The topological polar surface area (TPSA) is 38.5 Å². The minimum atomic E-state index is 0.120. The van der Waals surface area contributed by atoms with Gasteiger partial charge in [0.15, 0.2) is 0 Å². The van der Waals surface area contributed by atoms with Gasteiger partial charge in [0.1, 0.15) is 0 Å². The molecule has 0 bridgehead atoms. The Balaban J connectivity index is 2.25. The first-order valence-electron chi connectivity index (χ1n) is 7.11. The number of ether oxygens (including phenoxy) is 1. The predicted molar refractivity (Wildman–Crippen MR) is 81.3 cm³/mol. The van der Waals surface area contributed by atoms with E-state index < -0.39 is 0 Å². The summed E-state index contributed by atoms with van der Waals surface area (Å²) in [7, 11) is 2.12. The highest BCUT2D eigenvalue weighted by Crippen LogP contribution is 2.14. The van der Waals surface area contributed by atoms with Crippen LogP contribution in [0.4, 0.5) is 0 Å². The highest BCUT2D eigenvalue weighted by molar-refractivity contribution is 5.23. The lowest BCUT2D eigenvalue weighted by Crippen LogP contribution is -2.27. The SMILES string of the molecule is Cc1ccc(C(N)CCN(C)CCOC(C)C)cc1. The molecule has 2 N–H and O–H groups in total. The van der Waals surface area contributed by atoms with Crippen LogP contribution >= 0.6 is 0 Å². The minimum absolute atomic E-state index is 0.120. The van der Waals surface area contributed by atoms with Gasteiger partial charge in [-0.05, 0) is 46.3 Å². The van der Waals surface area contributed by atoms with Gasteiger partial charge in [0.05, 0.1) is 12.7 Å². The summed E-state index contributed by atoms with van der Waals surface area (Å²) < 4.78 is 5.54. The molecule has 1 aromatic carbocycles. The van der Waals surface area contributed by atoms with E-state index in [0.29, 0.717) is 6.10 Å². The average Bonchev–Trinajstić information content (AvgIpc) is 2.36. The van der Waals surface area contributed by atoms with Crippen LogP contribution in [-0.4, -0.2) is 37.7 Å². The van der Waals surface area contributed by atoms with Gasteiger partial charge in [0.2, 0.25) is 0 Å². The van der Waals surface area contributed by atoms with Gasteiger partial charge in [0, 0.05) is 12.6 Å². The van der Waals surface area contributed by atoms with E-state index in [-0.39, 0.29) is 6.04 Å². The summed E-state index contributed by atoms with van der Waals surface area (Å²) in [6.45, 7) is 8.96. The zero-order chi connectivity index (χ0) is 14.3. The normalized spacial score (nSPS) is 13.2. The Morgan fingerprint density at radius 2 is 1.79 bits per heavy atom. The van der Waals surface area contributed by atoms with E-state index in [1.165, 1.54) is 11.1 Å². The van der Waals surface area contributed by atoms with Gasteiger partial charge in [-0.25, -0.2) is 0 Å². The summed E-state index contributed by atoms with van der Waals surface area (Å²) in [5, 5.41) is 0. The number of nitrogens with two attached hydrogens (primary N) is 1. The Bertz CT molecular complexity index is 348. The number of hydrogen-bond acceptors (Lipinski definition) is 3. The fourth-order valence-corrected chi connectivity index (χ4v) is 1.90.